The summed E-state index contributed by atoms with van der Waals surface area (Å²) in [5, 5.41) is 7.38. The van der Waals surface area contributed by atoms with Gasteiger partial charge in [0.25, 0.3) is 0 Å². The van der Waals surface area contributed by atoms with Crippen LogP contribution in [0, 0.1) is 5.92 Å². The number of hydrogen-bond acceptors (Lipinski definition) is 6. The molecule has 1 aromatic heterocycles. The van der Waals surface area contributed by atoms with Gasteiger partial charge in [0.1, 0.15) is 10.4 Å². The molecule has 0 spiro atoms. The summed E-state index contributed by atoms with van der Waals surface area (Å²) in [5.41, 5.74) is 0.651. The van der Waals surface area contributed by atoms with Gasteiger partial charge in [-0.1, -0.05) is 6.07 Å². The fourth-order valence-electron chi connectivity index (χ4n) is 2.87. The molecule has 0 atom stereocenters. The SMILES string of the molecule is O=C(C1CC1)N1CCN(S(=O)(=O)c2cccc3nonc23)CC1. The Bertz CT molecular complexity index is 851. The Morgan fingerprint density at radius 2 is 1.87 bits per heavy atom. The number of fused-ring (bicyclic) bond motifs is 1. The number of benzene rings is 1. The normalized spacial score (nSPS) is 20.1. The molecule has 1 amide bonds. The maximum atomic E-state index is 12.8. The van der Waals surface area contributed by atoms with Gasteiger partial charge in [0.15, 0.2) is 5.52 Å². The molecule has 1 saturated heterocycles. The third kappa shape index (κ3) is 2.49. The van der Waals surface area contributed by atoms with Gasteiger partial charge < -0.3 is 4.90 Å². The predicted octanol–water partition coefficient (Wildman–Crippen LogP) is 0.466. The van der Waals surface area contributed by atoms with Crippen LogP contribution in [0.25, 0.3) is 11.0 Å². The predicted molar refractivity (Wildman–Crippen MR) is 79.9 cm³/mol. The average molecular weight is 336 g/mol. The standard InChI is InChI=1S/C14H16N4O4S/c19-14(10-4-5-10)17-6-8-18(9-7-17)23(20,21)12-3-1-2-11-13(12)16-22-15-11/h1-3,10H,4-9H2. The molecular formula is C14H16N4O4S. The van der Waals surface area contributed by atoms with Crippen LogP contribution in [0.3, 0.4) is 0 Å². The molecule has 2 aliphatic rings. The maximum Gasteiger partial charge on any atom is 0.245 e. The van der Waals surface area contributed by atoms with Gasteiger partial charge in [0.05, 0.1) is 0 Å². The molecule has 8 nitrogen and oxygen atoms in total. The molecule has 0 bridgehead atoms. The van der Waals surface area contributed by atoms with Crippen LogP contribution in [-0.2, 0) is 14.8 Å². The highest BCUT2D eigenvalue weighted by molar-refractivity contribution is 7.89. The minimum atomic E-state index is -3.68. The average Bonchev–Trinajstić information content (AvgIpc) is 3.30. The number of carbonyl (C=O) groups excluding carboxylic acids is 1. The summed E-state index contributed by atoms with van der Waals surface area (Å²) in [6, 6.07) is 4.77. The van der Waals surface area contributed by atoms with Crippen molar-refractivity contribution in [1.29, 1.82) is 0 Å². The first kappa shape index (κ1) is 14.6. The highest BCUT2D eigenvalue weighted by Gasteiger charge is 2.37. The molecule has 1 saturated carbocycles. The lowest BCUT2D eigenvalue weighted by Crippen LogP contribution is -2.50. The zero-order valence-corrected chi connectivity index (χ0v) is 13.2. The van der Waals surface area contributed by atoms with E-state index in [0.717, 1.165) is 12.8 Å². The summed E-state index contributed by atoms with van der Waals surface area (Å²) in [5.74, 6) is 0.318. The lowest BCUT2D eigenvalue weighted by molar-refractivity contribution is -0.133. The molecule has 1 aliphatic heterocycles. The van der Waals surface area contributed by atoms with E-state index in [0.29, 0.717) is 31.7 Å². The number of aromatic nitrogens is 2. The maximum absolute atomic E-state index is 12.8. The van der Waals surface area contributed by atoms with Crippen LogP contribution in [0.4, 0.5) is 0 Å². The molecule has 2 fully saturated rings. The van der Waals surface area contributed by atoms with Gasteiger partial charge >= 0.3 is 0 Å². The van der Waals surface area contributed by atoms with Crippen LogP contribution >= 0.6 is 0 Å². The lowest BCUT2D eigenvalue weighted by atomic mass is 10.3. The second-order valence-electron chi connectivity index (χ2n) is 5.89. The zero-order valence-electron chi connectivity index (χ0n) is 12.4. The van der Waals surface area contributed by atoms with Crippen molar-refractivity contribution in [1.82, 2.24) is 19.5 Å². The summed E-state index contributed by atoms with van der Waals surface area (Å²) < 4.78 is 31.7. The third-order valence-corrected chi connectivity index (χ3v) is 6.27. The van der Waals surface area contributed by atoms with Crippen LogP contribution in [-0.4, -0.2) is 60.0 Å². The van der Waals surface area contributed by atoms with Crippen molar-refractivity contribution >= 4 is 27.0 Å². The summed E-state index contributed by atoms with van der Waals surface area (Å²) >= 11 is 0. The minimum absolute atomic E-state index is 0.0956. The lowest BCUT2D eigenvalue weighted by Gasteiger charge is -2.34. The van der Waals surface area contributed by atoms with E-state index in [4.69, 9.17) is 0 Å². The Labute approximate surface area is 133 Å². The molecule has 0 radical (unpaired) electrons. The molecule has 0 unspecified atom stereocenters. The Balaban J connectivity index is 1.56. The molecule has 0 N–H and O–H groups in total. The summed E-state index contributed by atoms with van der Waals surface area (Å²) in [6.07, 6.45) is 1.91. The van der Waals surface area contributed by atoms with Crippen molar-refractivity contribution in [2.75, 3.05) is 26.2 Å². The fraction of sp³-hybridized carbons (Fsp3) is 0.500. The van der Waals surface area contributed by atoms with E-state index in [1.807, 2.05) is 0 Å². The van der Waals surface area contributed by atoms with Gasteiger partial charge in [0.2, 0.25) is 15.9 Å². The number of amides is 1. The Morgan fingerprint density at radius 1 is 1.13 bits per heavy atom. The molecule has 2 heterocycles. The van der Waals surface area contributed by atoms with Crippen molar-refractivity contribution in [3.05, 3.63) is 18.2 Å². The molecule has 23 heavy (non-hydrogen) atoms. The van der Waals surface area contributed by atoms with Crippen molar-refractivity contribution in [2.45, 2.75) is 17.7 Å². The number of sulfonamides is 1. The topological polar surface area (TPSA) is 96.6 Å². The number of piperazine rings is 1. The number of nitrogens with zero attached hydrogens (tertiary/aromatic N) is 4. The fourth-order valence-corrected chi connectivity index (χ4v) is 4.42. The van der Waals surface area contributed by atoms with Crippen molar-refractivity contribution in [2.24, 2.45) is 5.92 Å². The first-order chi connectivity index (χ1) is 11.1. The molecule has 2 aromatic rings. The Morgan fingerprint density at radius 3 is 2.57 bits per heavy atom. The van der Waals surface area contributed by atoms with E-state index in [-0.39, 0.29) is 22.2 Å². The smallest absolute Gasteiger partial charge is 0.245 e. The first-order valence-corrected chi connectivity index (χ1v) is 9.01. The van der Waals surface area contributed by atoms with Crippen LogP contribution in [0.2, 0.25) is 0 Å². The van der Waals surface area contributed by atoms with E-state index in [1.54, 1.807) is 17.0 Å². The van der Waals surface area contributed by atoms with Gasteiger partial charge in [-0.15, -0.1) is 0 Å². The molecular weight excluding hydrogens is 320 g/mol. The van der Waals surface area contributed by atoms with Crippen molar-refractivity contribution < 1.29 is 17.8 Å². The van der Waals surface area contributed by atoms with Gasteiger partial charge in [-0.3, -0.25) is 4.79 Å². The summed E-state index contributed by atoms with van der Waals surface area (Å²) in [4.78, 5) is 13.9. The van der Waals surface area contributed by atoms with Gasteiger partial charge in [-0.2, -0.15) is 4.31 Å². The Hall–Kier alpha value is -2.00. The highest BCUT2D eigenvalue weighted by atomic mass is 32.2. The first-order valence-electron chi connectivity index (χ1n) is 7.57. The molecule has 9 heteroatoms. The van der Waals surface area contributed by atoms with E-state index < -0.39 is 10.0 Å². The minimum Gasteiger partial charge on any atom is -0.340 e. The number of hydrogen-bond donors (Lipinski definition) is 0. The summed E-state index contributed by atoms with van der Waals surface area (Å²) in [6.45, 7) is 1.45. The van der Waals surface area contributed by atoms with Crippen molar-refractivity contribution in [3.63, 3.8) is 0 Å². The van der Waals surface area contributed by atoms with Crippen LogP contribution < -0.4 is 0 Å². The second kappa shape index (κ2) is 5.27. The van der Waals surface area contributed by atoms with Crippen molar-refractivity contribution in [3.8, 4) is 0 Å². The van der Waals surface area contributed by atoms with Crippen LogP contribution in [0.5, 0.6) is 0 Å². The van der Waals surface area contributed by atoms with E-state index in [2.05, 4.69) is 14.9 Å². The Kier molecular flexibility index (Phi) is 3.34. The highest BCUT2D eigenvalue weighted by Crippen LogP contribution is 2.31. The number of carbonyl (C=O) groups is 1. The van der Waals surface area contributed by atoms with Crippen LogP contribution in [0.1, 0.15) is 12.8 Å². The van der Waals surface area contributed by atoms with E-state index in [1.165, 1.54) is 10.4 Å². The molecule has 122 valence electrons. The largest absolute Gasteiger partial charge is 0.340 e. The second-order valence-corrected chi connectivity index (χ2v) is 7.80. The zero-order chi connectivity index (χ0) is 16.0. The van der Waals surface area contributed by atoms with Gasteiger partial charge in [-0.25, -0.2) is 13.0 Å². The summed E-state index contributed by atoms with van der Waals surface area (Å²) in [7, 11) is -3.68. The van der Waals surface area contributed by atoms with E-state index in [9.17, 15) is 13.2 Å². The van der Waals surface area contributed by atoms with Crippen LogP contribution in [0.15, 0.2) is 27.7 Å². The van der Waals surface area contributed by atoms with Gasteiger partial charge in [0, 0.05) is 32.1 Å². The third-order valence-electron chi connectivity index (χ3n) is 4.34. The molecule has 1 aromatic carbocycles. The quantitative estimate of drug-likeness (QED) is 0.808. The monoisotopic (exact) mass is 336 g/mol. The van der Waals surface area contributed by atoms with E-state index >= 15 is 0 Å². The molecule has 1 aliphatic carbocycles. The number of rotatable bonds is 3. The van der Waals surface area contributed by atoms with Gasteiger partial charge in [-0.05, 0) is 35.3 Å². The molecule has 4 rings (SSSR count).